The zero-order chi connectivity index (χ0) is 27.9. The third kappa shape index (κ3) is 4.86. The molecule has 0 amide bonds. The Balaban J connectivity index is 1.45. The number of carboxylic acid groups (broad SMARTS) is 1. The maximum absolute atomic E-state index is 14.9. The highest BCUT2D eigenvalue weighted by Gasteiger charge is 2.29. The number of imidazole rings is 1. The van der Waals surface area contributed by atoms with Crippen molar-refractivity contribution in [2.24, 2.45) is 0 Å². The van der Waals surface area contributed by atoms with E-state index in [2.05, 4.69) is 15.0 Å². The summed E-state index contributed by atoms with van der Waals surface area (Å²) in [5, 5.41) is 20.7. The second-order valence-electron chi connectivity index (χ2n) is 9.40. The predicted octanol–water partition coefficient (Wildman–Crippen LogP) is 6.35. The minimum Gasteiger partial charge on any atom is -0.481 e. The lowest BCUT2D eigenvalue weighted by Gasteiger charge is -2.23. The van der Waals surface area contributed by atoms with Gasteiger partial charge in [-0.15, -0.1) is 0 Å². The lowest BCUT2D eigenvalue weighted by atomic mass is 9.91. The molecule has 1 atom stereocenters. The van der Waals surface area contributed by atoms with E-state index in [9.17, 15) is 23.1 Å². The number of hydrogen-bond donors (Lipinski definition) is 4. The topological polar surface area (TPSA) is 111 Å². The van der Waals surface area contributed by atoms with Crippen LogP contribution in [0.4, 0.5) is 13.2 Å². The van der Waals surface area contributed by atoms with Crippen molar-refractivity contribution in [1.29, 1.82) is 0 Å². The van der Waals surface area contributed by atoms with Crippen LogP contribution in [0.3, 0.4) is 0 Å². The molecule has 0 saturated heterocycles. The number of H-pyrrole nitrogens is 2. The fourth-order valence-electron chi connectivity index (χ4n) is 4.49. The molecule has 0 radical (unpaired) electrons. The van der Waals surface area contributed by atoms with Gasteiger partial charge in [-0.2, -0.15) is 4.39 Å². The van der Waals surface area contributed by atoms with Crippen molar-refractivity contribution < 1.29 is 32.9 Å². The molecule has 0 bridgehead atoms. The Labute approximate surface area is 220 Å². The monoisotopic (exact) mass is 535 g/mol. The highest BCUT2D eigenvalue weighted by molar-refractivity contribution is 5.86. The van der Waals surface area contributed by atoms with E-state index in [-0.39, 0.29) is 40.5 Å². The number of carboxylic acids is 1. The Morgan fingerprint density at radius 1 is 1.10 bits per heavy atom. The maximum Gasteiger partial charge on any atom is 0.303 e. The number of aryl methyl sites for hydroxylation is 2. The Kier molecular flexibility index (Phi) is 6.65. The molecule has 0 aliphatic rings. The number of rotatable bonds is 8. The number of aliphatic hydroxyl groups is 1. The van der Waals surface area contributed by atoms with E-state index in [0.29, 0.717) is 22.9 Å². The Hall–Kier alpha value is -4.57. The molecule has 2 aromatic heterocycles. The van der Waals surface area contributed by atoms with E-state index >= 15 is 0 Å². The second-order valence-corrected chi connectivity index (χ2v) is 9.40. The van der Waals surface area contributed by atoms with E-state index < -0.39 is 29.0 Å². The van der Waals surface area contributed by atoms with Crippen LogP contribution in [-0.4, -0.2) is 31.1 Å². The lowest BCUT2D eigenvalue weighted by molar-refractivity contribution is -0.136. The average Bonchev–Trinajstić information content (AvgIpc) is 3.61. The summed E-state index contributed by atoms with van der Waals surface area (Å²) in [6.45, 7) is 3.13. The van der Waals surface area contributed by atoms with E-state index in [1.54, 1.807) is 37.3 Å². The molecule has 1 unspecified atom stereocenters. The van der Waals surface area contributed by atoms with Gasteiger partial charge < -0.3 is 24.9 Å². The minimum atomic E-state index is -1.56. The van der Waals surface area contributed by atoms with Crippen molar-refractivity contribution in [1.82, 2.24) is 15.0 Å². The van der Waals surface area contributed by atoms with Crippen molar-refractivity contribution in [2.75, 3.05) is 0 Å². The van der Waals surface area contributed by atoms with Crippen molar-refractivity contribution in [3.63, 3.8) is 0 Å². The van der Waals surface area contributed by atoms with Crippen molar-refractivity contribution in [3.8, 4) is 22.9 Å². The third-order valence-corrected chi connectivity index (χ3v) is 6.73. The summed E-state index contributed by atoms with van der Waals surface area (Å²) >= 11 is 0. The summed E-state index contributed by atoms with van der Waals surface area (Å²) in [7, 11) is 0. The predicted molar refractivity (Wildman–Crippen MR) is 138 cm³/mol. The largest absolute Gasteiger partial charge is 0.481 e. The van der Waals surface area contributed by atoms with Crippen LogP contribution >= 0.6 is 0 Å². The van der Waals surface area contributed by atoms with Gasteiger partial charge in [0.2, 0.25) is 5.82 Å². The number of nitrogens with zero attached hydrogens (tertiary/aromatic N) is 1. The molecule has 3 aromatic carbocycles. The first kappa shape index (κ1) is 26.1. The minimum absolute atomic E-state index is 0.00832. The van der Waals surface area contributed by atoms with Crippen molar-refractivity contribution >= 4 is 16.9 Å². The molecule has 5 rings (SSSR count). The van der Waals surface area contributed by atoms with Gasteiger partial charge in [-0.25, -0.2) is 13.8 Å². The number of nitrogens with one attached hydrogen (secondary N) is 2. The SMILES string of the molecule is Cc1c(Oc2ccc(F)c(-c3ncc(C(C)(O)c4cccc(CCC(=O)O)c4)[nH]3)c2)c(F)c(F)c2[nH]ccc12. The molecular formula is C29H24F3N3O4. The van der Waals surface area contributed by atoms with Crippen LogP contribution in [-0.2, 0) is 16.8 Å². The summed E-state index contributed by atoms with van der Waals surface area (Å²) in [6, 6.07) is 12.2. The number of hydrogen-bond acceptors (Lipinski definition) is 4. The van der Waals surface area contributed by atoms with Crippen molar-refractivity contribution in [2.45, 2.75) is 32.3 Å². The molecule has 39 heavy (non-hydrogen) atoms. The molecular weight excluding hydrogens is 511 g/mol. The maximum atomic E-state index is 14.9. The molecule has 7 nitrogen and oxygen atoms in total. The number of aromatic nitrogens is 3. The van der Waals surface area contributed by atoms with Crippen LogP contribution in [0.5, 0.6) is 11.5 Å². The number of ether oxygens (including phenoxy) is 1. The van der Waals surface area contributed by atoms with Gasteiger partial charge in [0.1, 0.15) is 23.0 Å². The van der Waals surface area contributed by atoms with Crippen LogP contribution in [0.25, 0.3) is 22.3 Å². The Morgan fingerprint density at radius 3 is 2.67 bits per heavy atom. The number of fused-ring (bicyclic) bond motifs is 1. The van der Waals surface area contributed by atoms with Crippen LogP contribution < -0.4 is 4.74 Å². The summed E-state index contributed by atoms with van der Waals surface area (Å²) < 4.78 is 49.9. The summed E-state index contributed by atoms with van der Waals surface area (Å²) in [6.07, 6.45) is 3.11. The van der Waals surface area contributed by atoms with Gasteiger partial charge in [-0.3, -0.25) is 4.79 Å². The van der Waals surface area contributed by atoms with Gasteiger partial charge in [0, 0.05) is 23.6 Å². The van der Waals surface area contributed by atoms with E-state index in [0.717, 1.165) is 11.6 Å². The van der Waals surface area contributed by atoms with Gasteiger partial charge in [-0.05, 0) is 55.7 Å². The molecule has 10 heteroatoms. The zero-order valence-electron chi connectivity index (χ0n) is 21.0. The normalized spacial score (nSPS) is 13.0. The Morgan fingerprint density at radius 2 is 1.90 bits per heavy atom. The van der Waals surface area contributed by atoms with Crippen molar-refractivity contribution in [3.05, 3.63) is 101 Å². The molecule has 0 aliphatic heterocycles. The summed E-state index contributed by atoms with van der Waals surface area (Å²) in [4.78, 5) is 20.7. The quantitative estimate of drug-likeness (QED) is 0.185. The molecule has 200 valence electrons. The summed E-state index contributed by atoms with van der Waals surface area (Å²) in [5.74, 6) is -4.01. The number of aliphatic carboxylic acids is 1. The van der Waals surface area contributed by atoms with E-state index in [4.69, 9.17) is 9.84 Å². The van der Waals surface area contributed by atoms with Gasteiger partial charge >= 0.3 is 5.97 Å². The van der Waals surface area contributed by atoms with E-state index in [1.165, 1.54) is 31.5 Å². The van der Waals surface area contributed by atoms with Gasteiger partial charge in [0.15, 0.2) is 11.6 Å². The van der Waals surface area contributed by atoms with Crippen LogP contribution in [0, 0.1) is 24.4 Å². The Bertz CT molecular complexity index is 1710. The summed E-state index contributed by atoms with van der Waals surface area (Å²) in [5.41, 5.74) is 0.330. The smallest absolute Gasteiger partial charge is 0.303 e. The fourth-order valence-corrected chi connectivity index (χ4v) is 4.49. The lowest BCUT2D eigenvalue weighted by Crippen LogP contribution is -2.23. The first-order valence-corrected chi connectivity index (χ1v) is 12.1. The first-order valence-electron chi connectivity index (χ1n) is 12.1. The molecule has 2 heterocycles. The number of benzene rings is 3. The highest BCUT2D eigenvalue weighted by atomic mass is 19.2. The third-order valence-electron chi connectivity index (χ3n) is 6.73. The van der Waals surface area contributed by atoms with E-state index in [1.807, 2.05) is 0 Å². The first-order chi connectivity index (χ1) is 18.6. The molecule has 0 aliphatic carbocycles. The van der Waals surface area contributed by atoms with Crippen LogP contribution in [0.1, 0.15) is 35.7 Å². The molecule has 5 aromatic rings. The van der Waals surface area contributed by atoms with Crippen LogP contribution in [0.2, 0.25) is 0 Å². The van der Waals surface area contributed by atoms with Gasteiger partial charge in [-0.1, -0.05) is 24.3 Å². The second kappa shape index (κ2) is 9.95. The number of halogens is 3. The van der Waals surface area contributed by atoms with Gasteiger partial charge in [0.25, 0.3) is 0 Å². The molecule has 0 spiro atoms. The number of aromatic amines is 2. The highest BCUT2D eigenvalue weighted by Crippen LogP contribution is 2.37. The van der Waals surface area contributed by atoms with Gasteiger partial charge in [0.05, 0.1) is 23.0 Å². The molecule has 0 saturated carbocycles. The zero-order valence-corrected chi connectivity index (χ0v) is 21.0. The molecule has 4 N–H and O–H groups in total. The fraction of sp³-hybridized carbons (Fsp3) is 0.172. The van der Waals surface area contributed by atoms with Crippen LogP contribution in [0.15, 0.2) is 60.9 Å². The average molecular weight is 536 g/mol. The number of carbonyl (C=O) groups is 1. The standard InChI is InChI=1S/C29H24F3N3O4/c1-15-19-10-11-33-26(19)24(31)25(32)27(15)39-18-7-8-21(30)20(13-18)28-34-14-22(35-28)29(2,38)17-5-3-4-16(12-17)6-9-23(36)37/h3-5,7-8,10-14,33,38H,6,9H2,1-2H3,(H,34,35)(H,36,37). The molecule has 0 fully saturated rings.